The Balaban J connectivity index is 2.77. The van der Waals surface area contributed by atoms with Crippen LogP contribution in [0.4, 0.5) is 0 Å². The smallest absolute Gasteiger partial charge is 0.135 e. The second-order valence-corrected chi connectivity index (χ2v) is 4.57. The fraction of sp³-hybridized carbons (Fsp3) is 1.00. The van der Waals surface area contributed by atoms with E-state index >= 15 is 0 Å². The summed E-state index contributed by atoms with van der Waals surface area (Å²) < 4.78 is 1.86. The van der Waals surface area contributed by atoms with Crippen molar-refractivity contribution < 1.29 is 0 Å². The predicted octanol–water partition coefficient (Wildman–Crippen LogP) is 1.41. The Morgan fingerprint density at radius 2 is 1.60 bits per heavy atom. The van der Waals surface area contributed by atoms with Crippen LogP contribution in [0.25, 0.3) is 0 Å². The fourth-order valence-electron chi connectivity index (χ4n) is 0.718. The molecule has 0 aromatic carbocycles. The monoisotopic (exact) mass is 233 g/mol. The Morgan fingerprint density at radius 1 is 1.00 bits per heavy atom. The van der Waals surface area contributed by atoms with E-state index in [4.69, 9.17) is 0 Å². The van der Waals surface area contributed by atoms with Gasteiger partial charge in [-0.25, -0.2) is 0 Å². The standard InChI is InChI=1S/C6H12BrNSi2/c7-5-3-1-2-4-6-8(9)10/h1-6H2. The van der Waals surface area contributed by atoms with Crippen LogP contribution in [-0.2, 0) is 0 Å². The molecule has 0 aromatic rings. The minimum absolute atomic E-state index is 1.07. The molecule has 56 valence electrons. The van der Waals surface area contributed by atoms with E-state index in [1.807, 2.05) is 4.23 Å². The number of halogens is 1. The molecule has 0 unspecified atom stereocenters. The minimum Gasteiger partial charge on any atom is -0.352 e. The van der Waals surface area contributed by atoms with Crippen molar-refractivity contribution in [3.8, 4) is 0 Å². The lowest BCUT2D eigenvalue weighted by Gasteiger charge is -2.07. The molecule has 0 atom stereocenters. The molecule has 0 heterocycles. The van der Waals surface area contributed by atoms with Crippen LogP contribution in [0.15, 0.2) is 0 Å². The van der Waals surface area contributed by atoms with Crippen LogP contribution < -0.4 is 0 Å². The molecule has 0 aromatic heterocycles. The molecular formula is C6H12BrNSi2. The molecule has 0 aliphatic heterocycles. The Kier molecular flexibility index (Phi) is 8.67. The van der Waals surface area contributed by atoms with Gasteiger partial charge in [-0.15, -0.1) is 0 Å². The predicted molar refractivity (Wildman–Crippen MR) is 50.5 cm³/mol. The zero-order chi connectivity index (χ0) is 7.82. The minimum atomic E-state index is 1.07. The fourth-order valence-corrected chi connectivity index (χ4v) is 1.43. The van der Waals surface area contributed by atoms with Gasteiger partial charge in [0.1, 0.15) is 20.8 Å². The maximum absolute atomic E-state index is 3.40. The molecule has 0 N–H and O–H groups in total. The van der Waals surface area contributed by atoms with Gasteiger partial charge in [0.25, 0.3) is 0 Å². The molecule has 0 fully saturated rings. The number of hydrogen-bond donors (Lipinski definition) is 0. The van der Waals surface area contributed by atoms with Gasteiger partial charge in [0.05, 0.1) is 0 Å². The van der Waals surface area contributed by atoms with E-state index < -0.39 is 0 Å². The third-order valence-corrected chi connectivity index (χ3v) is 2.27. The summed E-state index contributed by atoms with van der Waals surface area (Å²) in [7, 11) is 6.65. The maximum Gasteiger partial charge on any atom is 0.135 e. The van der Waals surface area contributed by atoms with Crippen LogP contribution in [0.2, 0.25) is 0 Å². The van der Waals surface area contributed by atoms with E-state index in [9.17, 15) is 0 Å². The van der Waals surface area contributed by atoms with Crippen LogP contribution in [0, 0.1) is 0 Å². The lowest BCUT2D eigenvalue weighted by molar-refractivity contribution is 0.590. The van der Waals surface area contributed by atoms with Gasteiger partial charge in [-0.3, -0.25) is 0 Å². The van der Waals surface area contributed by atoms with E-state index in [1.54, 1.807) is 0 Å². The van der Waals surface area contributed by atoms with Crippen LogP contribution >= 0.6 is 15.9 Å². The van der Waals surface area contributed by atoms with Crippen molar-refractivity contribution in [1.29, 1.82) is 0 Å². The topological polar surface area (TPSA) is 3.24 Å². The van der Waals surface area contributed by atoms with E-state index in [-0.39, 0.29) is 0 Å². The van der Waals surface area contributed by atoms with Crippen LogP contribution in [-0.4, -0.2) is 36.9 Å². The second-order valence-electron chi connectivity index (χ2n) is 2.25. The highest BCUT2D eigenvalue weighted by Gasteiger charge is 1.90. The molecule has 0 bridgehead atoms. The summed E-state index contributed by atoms with van der Waals surface area (Å²) in [6.45, 7) is 1.07. The largest absolute Gasteiger partial charge is 0.352 e. The second kappa shape index (κ2) is 7.98. The number of unbranched alkanes of at least 4 members (excludes halogenated alkanes) is 3. The van der Waals surface area contributed by atoms with Gasteiger partial charge in [0.2, 0.25) is 0 Å². The number of rotatable bonds is 6. The molecule has 1 nitrogen and oxygen atoms in total. The molecule has 4 heteroatoms. The Bertz CT molecular complexity index is 70.8. The first-order valence-corrected chi connectivity index (χ1v) is 5.55. The summed E-state index contributed by atoms with van der Waals surface area (Å²) in [4.78, 5) is 0. The van der Waals surface area contributed by atoms with Crippen molar-refractivity contribution in [1.82, 2.24) is 4.23 Å². The van der Waals surface area contributed by atoms with Gasteiger partial charge < -0.3 is 4.23 Å². The third kappa shape index (κ3) is 8.87. The summed E-state index contributed by atoms with van der Waals surface area (Å²) >= 11 is 3.40. The summed E-state index contributed by atoms with van der Waals surface area (Å²) in [6.07, 6.45) is 5.19. The molecule has 0 saturated heterocycles. The van der Waals surface area contributed by atoms with Gasteiger partial charge in [0, 0.05) is 5.33 Å². The maximum atomic E-state index is 3.40. The zero-order valence-electron chi connectivity index (χ0n) is 6.07. The number of alkyl halides is 1. The summed E-state index contributed by atoms with van der Waals surface area (Å²) in [5.41, 5.74) is 0. The summed E-state index contributed by atoms with van der Waals surface area (Å²) in [5, 5.41) is 1.14. The van der Waals surface area contributed by atoms with Crippen molar-refractivity contribution >= 4 is 36.7 Å². The first kappa shape index (κ1) is 10.9. The van der Waals surface area contributed by atoms with E-state index in [0.717, 1.165) is 11.9 Å². The summed E-state index contributed by atoms with van der Waals surface area (Å²) in [5.74, 6) is 0. The molecule has 0 amide bonds. The lowest BCUT2D eigenvalue weighted by Crippen LogP contribution is -2.16. The van der Waals surface area contributed by atoms with Crippen molar-refractivity contribution in [2.24, 2.45) is 0 Å². The normalized spacial score (nSPS) is 10.8. The molecule has 0 saturated carbocycles. The van der Waals surface area contributed by atoms with Crippen LogP contribution in [0.1, 0.15) is 25.7 Å². The van der Waals surface area contributed by atoms with Crippen molar-refractivity contribution in [3.05, 3.63) is 0 Å². The molecule has 0 aliphatic rings. The Labute approximate surface area is 78.7 Å². The van der Waals surface area contributed by atoms with Crippen LogP contribution in [0.3, 0.4) is 0 Å². The Hall–Kier alpha value is 0.874. The van der Waals surface area contributed by atoms with E-state index in [2.05, 4.69) is 36.7 Å². The molecule has 6 radical (unpaired) electrons. The number of nitrogens with zero attached hydrogens (tertiary/aromatic N) is 1. The summed E-state index contributed by atoms with van der Waals surface area (Å²) in [6, 6.07) is 0. The highest BCUT2D eigenvalue weighted by molar-refractivity contribution is 9.09. The van der Waals surface area contributed by atoms with E-state index in [1.165, 1.54) is 25.7 Å². The van der Waals surface area contributed by atoms with Gasteiger partial charge in [-0.2, -0.15) is 0 Å². The molecule has 0 spiro atoms. The van der Waals surface area contributed by atoms with Gasteiger partial charge in [0.15, 0.2) is 0 Å². The first-order chi connectivity index (χ1) is 4.77. The molecule has 0 aliphatic carbocycles. The Morgan fingerprint density at radius 3 is 2.10 bits per heavy atom. The van der Waals surface area contributed by atoms with Gasteiger partial charge >= 0.3 is 0 Å². The zero-order valence-corrected chi connectivity index (χ0v) is 9.65. The molecule has 0 rings (SSSR count). The quantitative estimate of drug-likeness (QED) is 0.381. The SMILES string of the molecule is [Si]N([Si])CCCCCCBr. The van der Waals surface area contributed by atoms with Gasteiger partial charge in [-0.05, 0) is 19.4 Å². The highest BCUT2D eigenvalue weighted by Crippen LogP contribution is 2.01. The van der Waals surface area contributed by atoms with Gasteiger partial charge in [-0.1, -0.05) is 28.8 Å². The highest BCUT2D eigenvalue weighted by atomic mass is 79.9. The van der Waals surface area contributed by atoms with Crippen molar-refractivity contribution in [2.75, 3.05) is 11.9 Å². The first-order valence-electron chi connectivity index (χ1n) is 3.53. The van der Waals surface area contributed by atoms with E-state index in [0.29, 0.717) is 0 Å². The molecular weight excluding hydrogens is 222 g/mol. The van der Waals surface area contributed by atoms with Crippen molar-refractivity contribution in [3.63, 3.8) is 0 Å². The third-order valence-electron chi connectivity index (χ3n) is 1.27. The number of hydrogen-bond acceptors (Lipinski definition) is 1. The molecule has 10 heavy (non-hydrogen) atoms. The lowest BCUT2D eigenvalue weighted by atomic mass is 10.2. The average Bonchev–Trinajstić information content (AvgIpc) is 1.87. The average molecular weight is 234 g/mol. The van der Waals surface area contributed by atoms with Crippen LogP contribution in [0.5, 0.6) is 0 Å². The van der Waals surface area contributed by atoms with Crippen molar-refractivity contribution in [2.45, 2.75) is 25.7 Å².